The number of thiocarbonyl (C=S) groups is 1. The van der Waals surface area contributed by atoms with Crippen LogP contribution in [0.2, 0.25) is 0 Å². The molecule has 3 nitrogen and oxygen atoms in total. The monoisotopic (exact) mass is 288 g/mol. The van der Waals surface area contributed by atoms with Crippen molar-refractivity contribution in [1.82, 2.24) is 5.32 Å². The Morgan fingerprint density at radius 1 is 1.53 bits per heavy atom. The number of ether oxygens (including phenoxy) is 1. The third-order valence-corrected chi connectivity index (χ3v) is 2.49. The maximum Gasteiger partial charge on any atom is 0.170 e. The van der Waals surface area contributed by atoms with Crippen molar-refractivity contribution < 1.29 is 4.74 Å². The van der Waals surface area contributed by atoms with Gasteiger partial charge in [-0.3, -0.25) is 0 Å². The molecule has 0 radical (unpaired) electrons. The van der Waals surface area contributed by atoms with Gasteiger partial charge >= 0.3 is 0 Å². The van der Waals surface area contributed by atoms with Crippen molar-refractivity contribution >= 4 is 38.9 Å². The third kappa shape index (κ3) is 3.68. The Balaban J connectivity index is 2.82. The normalized spacial score (nSPS) is 9.53. The fourth-order valence-corrected chi connectivity index (χ4v) is 1.72. The summed E-state index contributed by atoms with van der Waals surface area (Å²) in [4.78, 5) is 0. The van der Waals surface area contributed by atoms with Gasteiger partial charge in [0, 0.05) is 11.0 Å². The summed E-state index contributed by atoms with van der Waals surface area (Å²) in [5.74, 6) is 0.762. The zero-order chi connectivity index (χ0) is 11.3. The van der Waals surface area contributed by atoms with Crippen LogP contribution in [-0.2, 0) is 0 Å². The maximum absolute atomic E-state index is 5.21. The molecule has 0 saturated carbocycles. The van der Waals surface area contributed by atoms with Crippen molar-refractivity contribution in [3.8, 4) is 5.75 Å². The van der Waals surface area contributed by atoms with Crippen LogP contribution in [0.5, 0.6) is 5.75 Å². The first kappa shape index (κ1) is 12.3. The molecule has 15 heavy (non-hydrogen) atoms. The number of rotatable bonds is 3. The van der Waals surface area contributed by atoms with Gasteiger partial charge in [0.1, 0.15) is 5.75 Å². The molecule has 82 valence electrons. The van der Waals surface area contributed by atoms with E-state index in [9.17, 15) is 0 Å². The van der Waals surface area contributed by atoms with Gasteiger partial charge < -0.3 is 15.4 Å². The van der Waals surface area contributed by atoms with Gasteiger partial charge in [-0.2, -0.15) is 0 Å². The Kier molecular flexibility index (Phi) is 4.84. The highest BCUT2D eigenvalue weighted by Crippen LogP contribution is 2.27. The molecule has 5 heteroatoms. The molecule has 0 heterocycles. The molecule has 0 aliphatic carbocycles. The SMILES string of the molecule is CCNC(=S)Nc1cc(Br)ccc1OC. The van der Waals surface area contributed by atoms with Crippen molar-refractivity contribution in [2.75, 3.05) is 19.0 Å². The van der Waals surface area contributed by atoms with Gasteiger partial charge in [0.05, 0.1) is 12.8 Å². The molecule has 0 aromatic heterocycles. The number of hydrogen-bond acceptors (Lipinski definition) is 2. The number of anilines is 1. The smallest absolute Gasteiger partial charge is 0.170 e. The van der Waals surface area contributed by atoms with Crippen molar-refractivity contribution in [1.29, 1.82) is 0 Å². The molecule has 0 atom stereocenters. The molecular formula is C10H13BrN2OS. The highest BCUT2D eigenvalue weighted by molar-refractivity contribution is 9.10. The summed E-state index contributed by atoms with van der Waals surface area (Å²) in [6, 6.07) is 5.71. The van der Waals surface area contributed by atoms with Crippen LogP contribution >= 0.6 is 28.1 Å². The van der Waals surface area contributed by atoms with Crippen molar-refractivity contribution in [2.24, 2.45) is 0 Å². The summed E-state index contributed by atoms with van der Waals surface area (Å²) in [7, 11) is 1.63. The van der Waals surface area contributed by atoms with Crippen LogP contribution < -0.4 is 15.4 Å². The lowest BCUT2D eigenvalue weighted by Gasteiger charge is -2.12. The topological polar surface area (TPSA) is 33.3 Å². The van der Waals surface area contributed by atoms with Gasteiger partial charge in [-0.05, 0) is 37.3 Å². The van der Waals surface area contributed by atoms with E-state index in [1.807, 2.05) is 25.1 Å². The number of benzene rings is 1. The standard InChI is InChI=1S/C10H13BrN2OS/c1-3-12-10(15)13-8-6-7(11)4-5-9(8)14-2/h4-6H,3H2,1-2H3,(H2,12,13,15). The zero-order valence-electron chi connectivity index (χ0n) is 8.63. The summed E-state index contributed by atoms with van der Waals surface area (Å²) in [6.45, 7) is 2.79. The fourth-order valence-electron chi connectivity index (χ4n) is 1.10. The van der Waals surface area contributed by atoms with Crippen LogP contribution in [0.25, 0.3) is 0 Å². The molecule has 0 aliphatic heterocycles. The molecule has 0 unspecified atom stereocenters. The van der Waals surface area contributed by atoms with Gasteiger partial charge in [0.2, 0.25) is 0 Å². The molecule has 0 fully saturated rings. The quantitative estimate of drug-likeness (QED) is 0.838. The first-order valence-corrected chi connectivity index (χ1v) is 5.76. The van der Waals surface area contributed by atoms with E-state index in [4.69, 9.17) is 17.0 Å². The second-order valence-corrected chi connectivity index (χ2v) is 4.15. The van der Waals surface area contributed by atoms with Crippen molar-refractivity contribution in [3.05, 3.63) is 22.7 Å². The molecule has 0 saturated heterocycles. The minimum atomic E-state index is 0.592. The number of nitrogens with one attached hydrogen (secondary N) is 2. The van der Waals surface area contributed by atoms with Crippen LogP contribution in [-0.4, -0.2) is 18.8 Å². The van der Waals surface area contributed by atoms with E-state index in [1.54, 1.807) is 7.11 Å². The molecule has 0 spiro atoms. The average Bonchev–Trinajstić information content (AvgIpc) is 2.18. The van der Waals surface area contributed by atoms with Gasteiger partial charge in [-0.25, -0.2) is 0 Å². The Morgan fingerprint density at radius 3 is 2.87 bits per heavy atom. The van der Waals surface area contributed by atoms with E-state index in [1.165, 1.54) is 0 Å². The molecular weight excluding hydrogens is 276 g/mol. The van der Waals surface area contributed by atoms with Gasteiger partial charge in [0.25, 0.3) is 0 Å². The van der Waals surface area contributed by atoms with E-state index in [0.717, 1.165) is 22.5 Å². The van der Waals surface area contributed by atoms with Crippen molar-refractivity contribution in [3.63, 3.8) is 0 Å². The fraction of sp³-hybridized carbons (Fsp3) is 0.300. The van der Waals surface area contributed by atoms with Crippen molar-refractivity contribution in [2.45, 2.75) is 6.92 Å². The zero-order valence-corrected chi connectivity index (χ0v) is 11.0. The first-order chi connectivity index (χ1) is 7.17. The second-order valence-electron chi connectivity index (χ2n) is 2.83. The largest absolute Gasteiger partial charge is 0.495 e. The number of hydrogen-bond donors (Lipinski definition) is 2. The molecule has 1 aromatic rings. The molecule has 0 amide bonds. The lowest BCUT2D eigenvalue weighted by Crippen LogP contribution is -2.28. The van der Waals surface area contributed by atoms with Crippen LogP contribution in [0.1, 0.15) is 6.92 Å². The summed E-state index contributed by atoms with van der Waals surface area (Å²) >= 11 is 8.49. The number of halogens is 1. The average molecular weight is 289 g/mol. The molecule has 1 aromatic carbocycles. The predicted octanol–water partition coefficient (Wildman–Crippen LogP) is 2.76. The Morgan fingerprint density at radius 2 is 2.27 bits per heavy atom. The highest BCUT2D eigenvalue weighted by atomic mass is 79.9. The van der Waals surface area contributed by atoms with Gasteiger partial charge in [-0.15, -0.1) is 0 Å². The summed E-state index contributed by atoms with van der Waals surface area (Å²) in [5, 5.41) is 6.67. The van der Waals surface area contributed by atoms with E-state index in [2.05, 4.69) is 26.6 Å². The molecule has 2 N–H and O–H groups in total. The highest BCUT2D eigenvalue weighted by Gasteiger charge is 2.04. The van der Waals surface area contributed by atoms with E-state index in [-0.39, 0.29) is 0 Å². The Hall–Kier alpha value is -0.810. The Bertz CT molecular complexity index is 357. The summed E-state index contributed by atoms with van der Waals surface area (Å²) in [6.07, 6.45) is 0. The van der Waals surface area contributed by atoms with E-state index >= 15 is 0 Å². The van der Waals surface area contributed by atoms with E-state index in [0.29, 0.717) is 5.11 Å². The minimum Gasteiger partial charge on any atom is -0.495 e. The van der Waals surface area contributed by atoms with E-state index < -0.39 is 0 Å². The molecule has 0 aliphatic rings. The molecule has 0 bridgehead atoms. The predicted molar refractivity (Wildman–Crippen MR) is 70.6 cm³/mol. The summed E-state index contributed by atoms with van der Waals surface area (Å²) < 4.78 is 6.19. The van der Waals surface area contributed by atoms with Crippen LogP contribution in [0.4, 0.5) is 5.69 Å². The van der Waals surface area contributed by atoms with Crippen LogP contribution in [0.15, 0.2) is 22.7 Å². The first-order valence-electron chi connectivity index (χ1n) is 4.55. The number of methoxy groups -OCH3 is 1. The third-order valence-electron chi connectivity index (χ3n) is 1.75. The van der Waals surface area contributed by atoms with Crippen LogP contribution in [0.3, 0.4) is 0 Å². The maximum atomic E-state index is 5.21. The lowest BCUT2D eigenvalue weighted by atomic mass is 10.3. The minimum absolute atomic E-state index is 0.592. The van der Waals surface area contributed by atoms with Crippen LogP contribution in [0, 0.1) is 0 Å². The van der Waals surface area contributed by atoms with Gasteiger partial charge in [-0.1, -0.05) is 15.9 Å². The Labute approximate surface area is 103 Å². The second kappa shape index (κ2) is 5.92. The molecule has 1 rings (SSSR count). The summed E-state index contributed by atoms with van der Waals surface area (Å²) in [5.41, 5.74) is 0.845. The van der Waals surface area contributed by atoms with Gasteiger partial charge in [0.15, 0.2) is 5.11 Å². The lowest BCUT2D eigenvalue weighted by molar-refractivity contribution is 0.417.